The highest BCUT2D eigenvalue weighted by atomic mass is 32.2. The summed E-state index contributed by atoms with van der Waals surface area (Å²) in [6.07, 6.45) is 5.86. The number of rotatable bonds is 8. The normalized spacial score (nSPS) is 17.4. The smallest absolute Gasteiger partial charge is 0.336 e. The molecule has 1 aromatic rings. The van der Waals surface area contributed by atoms with Crippen LogP contribution >= 0.6 is 0 Å². The Morgan fingerprint density at radius 3 is 2.06 bits per heavy atom. The van der Waals surface area contributed by atoms with Crippen LogP contribution in [0.1, 0.15) is 59.6 Å². The third-order valence-electron chi connectivity index (χ3n) is 5.90. The van der Waals surface area contributed by atoms with Crippen LogP contribution in [0.25, 0.3) is 5.57 Å². The number of benzene rings is 1. The third kappa shape index (κ3) is 6.09. The summed E-state index contributed by atoms with van der Waals surface area (Å²) in [4.78, 5) is -0.133. The molecule has 34 heavy (non-hydrogen) atoms. The predicted octanol–water partition coefficient (Wildman–Crippen LogP) is 6.32. The summed E-state index contributed by atoms with van der Waals surface area (Å²) in [5, 5.41) is 0. The molecule has 1 unspecified atom stereocenters. The number of allylic oxidation sites excluding steroid dienone is 7. The lowest BCUT2D eigenvalue weighted by Crippen LogP contribution is -2.24. The van der Waals surface area contributed by atoms with Crippen molar-refractivity contribution in [3.8, 4) is 5.75 Å². The molecule has 0 saturated heterocycles. The van der Waals surface area contributed by atoms with Gasteiger partial charge >= 0.3 is 10.1 Å². The molecular formula is C26H36O6S2. The molecule has 6 nitrogen and oxygen atoms in total. The molecule has 0 radical (unpaired) electrons. The second kappa shape index (κ2) is 10.2. The molecule has 1 aliphatic carbocycles. The van der Waals surface area contributed by atoms with E-state index in [9.17, 15) is 21.4 Å². The molecule has 0 heterocycles. The Morgan fingerprint density at radius 1 is 1.03 bits per heavy atom. The maximum Gasteiger partial charge on any atom is 0.336 e. The van der Waals surface area contributed by atoms with E-state index in [1.807, 2.05) is 45.9 Å². The number of aryl methyl sites for hydroxylation is 1. The van der Waals surface area contributed by atoms with Crippen LogP contribution in [0, 0.1) is 30.6 Å². The minimum atomic E-state index is -4.53. The quantitative estimate of drug-likeness (QED) is 0.326. The Hall–Kier alpha value is -2.16. The summed E-state index contributed by atoms with van der Waals surface area (Å²) in [6.45, 7) is 18.8. The molecule has 0 aliphatic heterocycles. The van der Waals surface area contributed by atoms with Gasteiger partial charge in [-0.05, 0) is 66.0 Å². The lowest BCUT2D eigenvalue weighted by molar-refractivity contribution is 0.468. The Bertz CT molecular complexity index is 1270. The van der Waals surface area contributed by atoms with Gasteiger partial charge < -0.3 is 4.18 Å². The molecule has 188 valence electrons. The average Bonchev–Trinajstić information content (AvgIpc) is 2.89. The van der Waals surface area contributed by atoms with Crippen LogP contribution in [0.3, 0.4) is 0 Å². The van der Waals surface area contributed by atoms with Gasteiger partial charge in [0.1, 0.15) is 10.6 Å². The summed E-state index contributed by atoms with van der Waals surface area (Å²) in [5.41, 5.74) is 2.44. The van der Waals surface area contributed by atoms with Crippen LogP contribution in [0.4, 0.5) is 0 Å². The lowest BCUT2D eigenvalue weighted by Gasteiger charge is -2.24. The maximum absolute atomic E-state index is 13.8. The van der Waals surface area contributed by atoms with E-state index in [1.54, 1.807) is 6.92 Å². The van der Waals surface area contributed by atoms with Crippen molar-refractivity contribution in [2.24, 2.45) is 23.7 Å². The summed E-state index contributed by atoms with van der Waals surface area (Å²) >= 11 is 0. The molecule has 0 bridgehead atoms. The van der Waals surface area contributed by atoms with Crippen molar-refractivity contribution in [2.75, 3.05) is 0 Å². The van der Waals surface area contributed by atoms with E-state index >= 15 is 0 Å². The van der Waals surface area contributed by atoms with E-state index < -0.39 is 26.2 Å². The van der Waals surface area contributed by atoms with Crippen LogP contribution in [0.15, 0.2) is 57.9 Å². The molecule has 1 aliphatic rings. The third-order valence-corrected chi connectivity index (χ3v) is 8.24. The van der Waals surface area contributed by atoms with Crippen LogP contribution in [0.5, 0.6) is 5.75 Å². The van der Waals surface area contributed by atoms with Crippen molar-refractivity contribution in [3.05, 3.63) is 64.1 Å². The van der Waals surface area contributed by atoms with Crippen molar-refractivity contribution in [1.82, 2.24) is 0 Å². The second-order valence-corrected chi connectivity index (χ2v) is 12.7. The highest BCUT2D eigenvalue weighted by Crippen LogP contribution is 2.39. The monoisotopic (exact) mass is 508 g/mol. The predicted molar refractivity (Wildman–Crippen MR) is 138 cm³/mol. The maximum atomic E-state index is 13.8. The van der Waals surface area contributed by atoms with Crippen molar-refractivity contribution >= 4 is 25.8 Å². The fourth-order valence-corrected chi connectivity index (χ4v) is 6.51. The van der Waals surface area contributed by atoms with Gasteiger partial charge in [0.2, 0.25) is 0 Å². The Labute approximate surface area is 205 Å². The van der Waals surface area contributed by atoms with E-state index in [2.05, 4.69) is 20.4 Å². The average molecular weight is 509 g/mol. The summed E-state index contributed by atoms with van der Waals surface area (Å²) < 4.78 is 66.6. The first-order valence-corrected chi connectivity index (χ1v) is 14.2. The van der Waals surface area contributed by atoms with Crippen LogP contribution in [-0.4, -0.2) is 21.4 Å². The SMILES string of the molecule is C=C(C)c1cc(OS(=O)(=O)C2=C(C(C)C)C=C(C(C)C)C=CC2C(C)C)c(C)cc1S(=O)(=O)O. The van der Waals surface area contributed by atoms with Gasteiger partial charge in [0.15, 0.2) is 0 Å². The van der Waals surface area contributed by atoms with Crippen molar-refractivity contribution < 1.29 is 25.6 Å². The first-order chi connectivity index (χ1) is 15.5. The van der Waals surface area contributed by atoms with Crippen molar-refractivity contribution in [2.45, 2.75) is 60.3 Å². The van der Waals surface area contributed by atoms with Gasteiger partial charge in [-0.1, -0.05) is 66.3 Å². The van der Waals surface area contributed by atoms with Gasteiger partial charge in [0.05, 0.1) is 4.91 Å². The second-order valence-electron chi connectivity index (χ2n) is 9.81. The molecular weight excluding hydrogens is 472 g/mol. The van der Waals surface area contributed by atoms with Gasteiger partial charge in [-0.15, -0.1) is 0 Å². The lowest BCUT2D eigenvalue weighted by atomic mass is 9.90. The standard InChI is InChI=1S/C26H36O6S2/c1-15(2)20-10-11-21(16(3)4)26(23(13-20)18(7)8)34(30,31)32-24-14-22(17(5)6)25(12-19(24)9)33(27,28)29/h10-16,18,21H,5H2,1-4,6-9H3,(H,27,28,29). The number of hydrogen-bond acceptors (Lipinski definition) is 5. The zero-order valence-electron chi connectivity index (χ0n) is 21.2. The molecule has 2 rings (SSSR count). The van der Waals surface area contributed by atoms with Crippen LogP contribution in [0.2, 0.25) is 0 Å². The summed E-state index contributed by atoms with van der Waals surface area (Å²) in [5.74, 6) is -0.267. The van der Waals surface area contributed by atoms with E-state index in [0.29, 0.717) is 11.1 Å². The molecule has 1 atom stereocenters. The first-order valence-electron chi connectivity index (χ1n) is 11.3. The Balaban J connectivity index is 2.79. The molecule has 8 heteroatoms. The zero-order chi connectivity index (χ0) is 26.2. The Morgan fingerprint density at radius 2 is 1.62 bits per heavy atom. The van der Waals surface area contributed by atoms with Crippen LogP contribution < -0.4 is 4.18 Å². The van der Waals surface area contributed by atoms with E-state index in [-0.39, 0.29) is 44.4 Å². The minimum Gasteiger partial charge on any atom is -0.379 e. The van der Waals surface area contributed by atoms with Gasteiger partial charge in [0.25, 0.3) is 10.1 Å². The largest absolute Gasteiger partial charge is 0.379 e. The summed E-state index contributed by atoms with van der Waals surface area (Å²) in [7, 11) is -8.80. The highest BCUT2D eigenvalue weighted by Gasteiger charge is 2.34. The zero-order valence-corrected chi connectivity index (χ0v) is 22.8. The molecule has 0 saturated carbocycles. The van der Waals surface area contributed by atoms with Gasteiger partial charge in [-0.2, -0.15) is 16.8 Å². The molecule has 1 N–H and O–H groups in total. The van der Waals surface area contributed by atoms with E-state index in [4.69, 9.17) is 4.18 Å². The summed E-state index contributed by atoms with van der Waals surface area (Å²) in [6, 6.07) is 2.51. The molecule has 1 aromatic carbocycles. The van der Waals surface area contributed by atoms with Crippen molar-refractivity contribution in [1.29, 1.82) is 0 Å². The van der Waals surface area contributed by atoms with Gasteiger partial charge in [-0.3, -0.25) is 4.55 Å². The van der Waals surface area contributed by atoms with Gasteiger partial charge in [-0.25, -0.2) is 0 Å². The van der Waals surface area contributed by atoms with Gasteiger partial charge in [0, 0.05) is 11.5 Å². The first kappa shape index (κ1) is 28.1. The fraction of sp³-hybridized carbons (Fsp3) is 0.462. The van der Waals surface area contributed by atoms with Crippen LogP contribution in [-0.2, 0) is 20.2 Å². The van der Waals surface area contributed by atoms with E-state index in [1.165, 1.54) is 19.1 Å². The minimum absolute atomic E-state index is 0.00715. The topological polar surface area (TPSA) is 97.7 Å². The molecule has 0 aromatic heterocycles. The molecule has 0 spiro atoms. The molecule has 0 fully saturated rings. The fourth-order valence-electron chi connectivity index (χ4n) is 3.90. The molecule has 0 amide bonds. The number of hydrogen-bond donors (Lipinski definition) is 1. The Kier molecular flexibility index (Phi) is 8.44. The van der Waals surface area contributed by atoms with Crippen molar-refractivity contribution in [3.63, 3.8) is 0 Å². The van der Waals surface area contributed by atoms with E-state index in [0.717, 1.165) is 5.57 Å². The highest BCUT2D eigenvalue weighted by molar-refractivity contribution is 7.91.